The lowest BCUT2D eigenvalue weighted by Gasteiger charge is -2.13. The number of aromatic nitrogens is 4. The van der Waals surface area contributed by atoms with Crippen molar-refractivity contribution in [1.29, 1.82) is 0 Å². The van der Waals surface area contributed by atoms with Crippen LogP contribution in [0, 0.1) is 6.92 Å². The number of hydrogen-bond acceptors (Lipinski definition) is 5. The zero-order valence-corrected chi connectivity index (χ0v) is 16.6. The number of para-hydroxylation sites is 2. The highest BCUT2D eigenvalue weighted by Crippen LogP contribution is 2.32. The molecular weight excluding hydrogens is 368 g/mol. The molecule has 0 atom stereocenters. The lowest BCUT2D eigenvalue weighted by molar-refractivity contribution is 0.411. The van der Waals surface area contributed by atoms with Gasteiger partial charge in [0, 0.05) is 29.3 Å². The predicted octanol–water partition coefficient (Wildman–Crippen LogP) is 4.94. The first-order valence-electron chi connectivity index (χ1n) is 8.94. The van der Waals surface area contributed by atoms with Gasteiger partial charge in [0.1, 0.15) is 5.75 Å². The fourth-order valence-electron chi connectivity index (χ4n) is 3.05. The lowest BCUT2D eigenvalue weighted by atomic mass is 10.2. The fraction of sp³-hybridized carbons (Fsp3) is 0.136. The number of aryl methyl sites for hydroxylation is 1. The summed E-state index contributed by atoms with van der Waals surface area (Å²) in [5.41, 5.74) is 4.34. The molecule has 6 heteroatoms. The topological polar surface area (TPSA) is 52.8 Å². The van der Waals surface area contributed by atoms with E-state index in [-0.39, 0.29) is 0 Å². The molecule has 0 N–H and O–H groups in total. The minimum Gasteiger partial charge on any atom is -0.496 e. The van der Waals surface area contributed by atoms with E-state index in [0.717, 1.165) is 44.9 Å². The SMILES string of the molecule is COc1ccccc1CSc1nnc(-c2ccncc2)n1-c1ccccc1C. The second-order valence-electron chi connectivity index (χ2n) is 6.26. The predicted molar refractivity (Wildman–Crippen MR) is 112 cm³/mol. The van der Waals surface area contributed by atoms with Crippen LogP contribution in [0.4, 0.5) is 0 Å². The summed E-state index contributed by atoms with van der Waals surface area (Å²) < 4.78 is 7.59. The number of nitrogens with zero attached hydrogens (tertiary/aromatic N) is 4. The fourth-order valence-corrected chi connectivity index (χ4v) is 3.98. The van der Waals surface area contributed by atoms with Gasteiger partial charge < -0.3 is 4.74 Å². The third-order valence-corrected chi connectivity index (χ3v) is 5.46. The second kappa shape index (κ2) is 8.27. The molecule has 140 valence electrons. The van der Waals surface area contributed by atoms with Crippen LogP contribution in [0.15, 0.2) is 78.2 Å². The van der Waals surface area contributed by atoms with Crippen LogP contribution in [0.5, 0.6) is 5.75 Å². The molecule has 0 aliphatic rings. The van der Waals surface area contributed by atoms with Crippen molar-refractivity contribution in [3.8, 4) is 22.8 Å². The molecule has 2 aromatic carbocycles. The largest absolute Gasteiger partial charge is 0.496 e. The molecule has 0 bridgehead atoms. The molecule has 5 nitrogen and oxygen atoms in total. The van der Waals surface area contributed by atoms with Crippen LogP contribution in [-0.2, 0) is 5.75 Å². The molecule has 4 rings (SSSR count). The highest BCUT2D eigenvalue weighted by Gasteiger charge is 2.18. The molecule has 0 amide bonds. The van der Waals surface area contributed by atoms with Crippen LogP contribution in [0.2, 0.25) is 0 Å². The van der Waals surface area contributed by atoms with Crippen molar-refractivity contribution in [2.45, 2.75) is 17.8 Å². The Morgan fingerprint density at radius 2 is 1.68 bits per heavy atom. The zero-order chi connectivity index (χ0) is 19.3. The molecule has 0 spiro atoms. The number of benzene rings is 2. The van der Waals surface area contributed by atoms with Gasteiger partial charge in [-0.3, -0.25) is 9.55 Å². The maximum absolute atomic E-state index is 5.48. The van der Waals surface area contributed by atoms with Gasteiger partial charge in [0.15, 0.2) is 11.0 Å². The number of thioether (sulfide) groups is 1. The van der Waals surface area contributed by atoms with Gasteiger partial charge in [0.2, 0.25) is 0 Å². The molecule has 0 saturated carbocycles. The average molecular weight is 388 g/mol. The molecule has 0 unspecified atom stereocenters. The minimum absolute atomic E-state index is 0.740. The summed E-state index contributed by atoms with van der Waals surface area (Å²) in [4.78, 5) is 4.12. The summed E-state index contributed by atoms with van der Waals surface area (Å²) in [6, 6.07) is 20.2. The van der Waals surface area contributed by atoms with Crippen LogP contribution in [0.3, 0.4) is 0 Å². The molecule has 4 aromatic rings. The van der Waals surface area contributed by atoms with Gasteiger partial charge in [-0.2, -0.15) is 0 Å². The Labute approximate surface area is 168 Å². The van der Waals surface area contributed by atoms with Crippen molar-refractivity contribution in [2.24, 2.45) is 0 Å². The van der Waals surface area contributed by atoms with Crippen molar-refractivity contribution in [3.63, 3.8) is 0 Å². The Bertz CT molecular complexity index is 1080. The summed E-state index contributed by atoms with van der Waals surface area (Å²) in [7, 11) is 1.70. The molecule has 2 aromatic heterocycles. The molecular formula is C22H20N4OS. The highest BCUT2D eigenvalue weighted by atomic mass is 32.2. The van der Waals surface area contributed by atoms with Crippen LogP contribution >= 0.6 is 11.8 Å². The highest BCUT2D eigenvalue weighted by molar-refractivity contribution is 7.98. The molecule has 28 heavy (non-hydrogen) atoms. The van der Waals surface area contributed by atoms with Gasteiger partial charge in [-0.25, -0.2) is 0 Å². The summed E-state index contributed by atoms with van der Waals surface area (Å²) in [5.74, 6) is 2.43. The molecule has 0 radical (unpaired) electrons. The summed E-state index contributed by atoms with van der Waals surface area (Å²) >= 11 is 1.64. The molecule has 0 aliphatic carbocycles. The smallest absolute Gasteiger partial charge is 0.196 e. The summed E-state index contributed by atoms with van der Waals surface area (Å²) in [6.07, 6.45) is 3.54. The van der Waals surface area contributed by atoms with Crippen molar-refractivity contribution in [3.05, 3.63) is 84.2 Å². The van der Waals surface area contributed by atoms with Gasteiger partial charge >= 0.3 is 0 Å². The van der Waals surface area contributed by atoms with Gasteiger partial charge in [-0.15, -0.1) is 10.2 Å². The van der Waals surface area contributed by atoms with E-state index in [0.29, 0.717) is 0 Å². The quantitative estimate of drug-likeness (QED) is 0.438. The van der Waals surface area contributed by atoms with Crippen molar-refractivity contribution >= 4 is 11.8 Å². The third-order valence-electron chi connectivity index (χ3n) is 4.48. The lowest BCUT2D eigenvalue weighted by Crippen LogP contribution is -2.02. The third kappa shape index (κ3) is 3.64. The first-order valence-corrected chi connectivity index (χ1v) is 9.93. The first kappa shape index (κ1) is 18.3. The molecule has 0 fully saturated rings. The summed E-state index contributed by atoms with van der Waals surface area (Å²) in [5, 5.41) is 9.83. The van der Waals surface area contributed by atoms with Crippen LogP contribution in [-0.4, -0.2) is 26.9 Å². The Morgan fingerprint density at radius 3 is 2.46 bits per heavy atom. The van der Waals surface area contributed by atoms with E-state index in [9.17, 15) is 0 Å². The number of rotatable bonds is 6. The summed E-state index contributed by atoms with van der Waals surface area (Å²) in [6.45, 7) is 2.10. The Hall–Kier alpha value is -3.12. The van der Waals surface area contributed by atoms with E-state index in [1.165, 1.54) is 0 Å². The first-order chi connectivity index (χ1) is 13.8. The minimum atomic E-state index is 0.740. The van der Waals surface area contributed by atoms with Crippen LogP contribution < -0.4 is 4.74 Å². The van der Waals surface area contributed by atoms with E-state index in [2.05, 4.69) is 44.9 Å². The van der Waals surface area contributed by atoms with E-state index in [1.54, 1.807) is 31.3 Å². The van der Waals surface area contributed by atoms with Gasteiger partial charge in [0.05, 0.1) is 12.8 Å². The van der Waals surface area contributed by atoms with E-state index >= 15 is 0 Å². The standard InChI is InChI=1S/C22H20N4OS/c1-16-7-3-5-9-19(16)26-21(17-11-13-23-14-12-17)24-25-22(26)28-15-18-8-4-6-10-20(18)27-2/h3-14H,15H2,1-2H3. The molecule has 0 saturated heterocycles. The van der Waals surface area contributed by atoms with Gasteiger partial charge in [0.25, 0.3) is 0 Å². The maximum atomic E-state index is 5.48. The van der Waals surface area contributed by atoms with Crippen LogP contribution in [0.1, 0.15) is 11.1 Å². The van der Waals surface area contributed by atoms with Gasteiger partial charge in [-0.05, 0) is 36.8 Å². The Morgan fingerprint density at radius 1 is 0.929 bits per heavy atom. The van der Waals surface area contributed by atoms with E-state index < -0.39 is 0 Å². The van der Waals surface area contributed by atoms with E-state index in [1.807, 2.05) is 42.5 Å². The maximum Gasteiger partial charge on any atom is 0.196 e. The number of ether oxygens (including phenoxy) is 1. The van der Waals surface area contributed by atoms with Crippen molar-refractivity contribution in [1.82, 2.24) is 19.7 Å². The molecule has 0 aliphatic heterocycles. The second-order valence-corrected chi connectivity index (χ2v) is 7.21. The Kier molecular flexibility index (Phi) is 5.39. The van der Waals surface area contributed by atoms with Gasteiger partial charge in [-0.1, -0.05) is 48.2 Å². The van der Waals surface area contributed by atoms with Crippen molar-refractivity contribution < 1.29 is 4.74 Å². The number of methoxy groups -OCH3 is 1. The zero-order valence-electron chi connectivity index (χ0n) is 15.7. The number of hydrogen-bond donors (Lipinski definition) is 0. The van der Waals surface area contributed by atoms with E-state index in [4.69, 9.17) is 4.74 Å². The molecule has 2 heterocycles. The van der Waals surface area contributed by atoms with Crippen LogP contribution in [0.25, 0.3) is 17.1 Å². The Balaban J connectivity index is 1.76. The number of pyridine rings is 1. The van der Waals surface area contributed by atoms with Crippen molar-refractivity contribution in [2.75, 3.05) is 7.11 Å². The monoisotopic (exact) mass is 388 g/mol. The average Bonchev–Trinajstić information content (AvgIpc) is 3.17. The normalized spacial score (nSPS) is 10.8.